The predicted octanol–water partition coefficient (Wildman–Crippen LogP) is 3.26. The molecule has 0 spiro atoms. The molecule has 148 valence electrons. The highest BCUT2D eigenvalue weighted by Gasteiger charge is 2.13. The molecule has 0 aliphatic heterocycles. The van der Waals surface area contributed by atoms with E-state index in [1.54, 1.807) is 31.4 Å². The van der Waals surface area contributed by atoms with E-state index in [0.29, 0.717) is 17.0 Å². The third kappa shape index (κ3) is 5.20. The number of carbonyl (C=O) groups is 1. The third-order valence-corrected chi connectivity index (χ3v) is 5.36. The molecule has 0 saturated carbocycles. The molecule has 0 unspecified atom stereocenters. The lowest BCUT2D eigenvalue weighted by molar-refractivity contribution is 0.0955. The number of carbonyl (C=O) groups excluding carboxylic acids is 1. The Morgan fingerprint density at radius 1 is 0.931 bits per heavy atom. The van der Waals surface area contributed by atoms with Crippen LogP contribution >= 0.6 is 0 Å². The number of nitrogens with one attached hydrogen (secondary N) is 2. The fourth-order valence-electron chi connectivity index (χ4n) is 2.50. The normalized spacial score (nSPS) is 11.2. The number of methoxy groups -OCH3 is 1. The van der Waals surface area contributed by atoms with Gasteiger partial charge in [0.15, 0.2) is 0 Å². The van der Waals surface area contributed by atoms with E-state index < -0.39 is 15.9 Å². The van der Waals surface area contributed by atoms with Gasteiger partial charge in [0.05, 0.1) is 18.2 Å². The quantitative estimate of drug-likeness (QED) is 0.462. The van der Waals surface area contributed by atoms with E-state index in [1.165, 1.54) is 42.6 Å². The second kappa shape index (κ2) is 9.03. The van der Waals surface area contributed by atoms with Gasteiger partial charge in [0, 0.05) is 16.8 Å². The Labute approximate surface area is 169 Å². The lowest BCUT2D eigenvalue weighted by Crippen LogP contribution is -2.18. The van der Waals surface area contributed by atoms with Crippen molar-refractivity contribution in [3.63, 3.8) is 0 Å². The van der Waals surface area contributed by atoms with Gasteiger partial charge in [-0.05, 0) is 48.5 Å². The number of hydrazone groups is 1. The lowest BCUT2D eigenvalue weighted by atomic mass is 10.2. The Bertz CT molecular complexity index is 1110. The van der Waals surface area contributed by atoms with Crippen LogP contribution in [0.3, 0.4) is 0 Å². The Kier molecular flexibility index (Phi) is 6.25. The largest absolute Gasteiger partial charge is 0.496 e. The van der Waals surface area contributed by atoms with Crippen molar-refractivity contribution in [1.82, 2.24) is 5.43 Å². The van der Waals surface area contributed by atoms with Gasteiger partial charge < -0.3 is 4.74 Å². The summed E-state index contributed by atoms with van der Waals surface area (Å²) in [6, 6.07) is 21.4. The van der Waals surface area contributed by atoms with E-state index in [2.05, 4.69) is 15.2 Å². The van der Waals surface area contributed by atoms with Crippen LogP contribution in [0, 0.1) is 0 Å². The summed E-state index contributed by atoms with van der Waals surface area (Å²) in [7, 11) is -2.13. The average molecular weight is 409 g/mol. The van der Waals surface area contributed by atoms with Gasteiger partial charge in [-0.3, -0.25) is 9.52 Å². The summed E-state index contributed by atoms with van der Waals surface area (Å²) in [6.45, 7) is 0. The summed E-state index contributed by atoms with van der Waals surface area (Å²) >= 11 is 0. The van der Waals surface area contributed by atoms with Gasteiger partial charge in [0.25, 0.3) is 15.9 Å². The number of rotatable bonds is 7. The highest BCUT2D eigenvalue weighted by molar-refractivity contribution is 7.92. The lowest BCUT2D eigenvalue weighted by Gasteiger charge is -2.08. The van der Waals surface area contributed by atoms with Crippen molar-refractivity contribution < 1.29 is 17.9 Å². The van der Waals surface area contributed by atoms with Gasteiger partial charge >= 0.3 is 0 Å². The van der Waals surface area contributed by atoms with Gasteiger partial charge in [-0.25, -0.2) is 13.8 Å². The number of ether oxygens (including phenoxy) is 1. The predicted molar refractivity (Wildman–Crippen MR) is 112 cm³/mol. The van der Waals surface area contributed by atoms with Crippen molar-refractivity contribution in [3.8, 4) is 5.75 Å². The summed E-state index contributed by atoms with van der Waals surface area (Å²) in [5, 5.41) is 3.93. The Morgan fingerprint density at radius 3 is 2.28 bits per heavy atom. The van der Waals surface area contributed by atoms with Crippen molar-refractivity contribution >= 4 is 27.8 Å². The molecule has 29 heavy (non-hydrogen) atoms. The molecule has 7 nitrogen and oxygen atoms in total. The van der Waals surface area contributed by atoms with Crippen LogP contribution in [-0.2, 0) is 10.0 Å². The second-order valence-corrected chi connectivity index (χ2v) is 7.62. The van der Waals surface area contributed by atoms with Crippen LogP contribution in [0.15, 0.2) is 88.9 Å². The van der Waals surface area contributed by atoms with Gasteiger partial charge in [-0.2, -0.15) is 5.10 Å². The SMILES string of the molecule is COc1ccccc1/C=N/NC(=O)c1ccc(NS(=O)(=O)c2ccccc2)cc1. The zero-order valence-electron chi connectivity index (χ0n) is 15.6. The molecule has 3 rings (SSSR count). The fraction of sp³-hybridized carbons (Fsp3) is 0.0476. The standard InChI is InChI=1S/C21H19N3O4S/c1-28-20-10-6-5-7-17(20)15-22-23-21(25)16-11-13-18(14-12-16)24-29(26,27)19-8-3-2-4-9-19/h2-15,24H,1H3,(H,23,25)/b22-15+. The maximum absolute atomic E-state index is 12.3. The van der Waals surface area contributed by atoms with Crippen LogP contribution in [-0.4, -0.2) is 27.6 Å². The van der Waals surface area contributed by atoms with Gasteiger partial charge in [-0.1, -0.05) is 30.3 Å². The van der Waals surface area contributed by atoms with Gasteiger partial charge in [0.1, 0.15) is 5.75 Å². The van der Waals surface area contributed by atoms with Gasteiger partial charge in [-0.15, -0.1) is 0 Å². The molecule has 0 heterocycles. The molecular formula is C21H19N3O4S. The van der Waals surface area contributed by atoms with Crippen LogP contribution in [0.5, 0.6) is 5.75 Å². The average Bonchev–Trinajstić information content (AvgIpc) is 2.75. The zero-order chi connectivity index (χ0) is 20.7. The van der Waals surface area contributed by atoms with Crippen LogP contribution in [0.4, 0.5) is 5.69 Å². The number of para-hydroxylation sites is 1. The van der Waals surface area contributed by atoms with E-state index >= 15 is 0 Å². The van der Waals surface area contributed by atoms with E-state index in [1.807, 2.05) is 18.2 Å². The molecule has 0 aromatic heterocycles. The molecule has 2 N–H and O–H groups in total. The van der Waals surface area contributed by atoms with Gasteiger partial charge in [0.2, 0.25) is 0 Å². The molecule has 0 saturated heterocycles. The first-order chi connectivity index (χ1) is 14.0. The molecule has 1 amide bonds. The molecular weight excluding hydrogens is 390 g/mol. The minimum atomic E-state index is -3.68. The Balaban J connectivity index is 1.64. The molecule has 3 aromatic rings. The molecule has 0 radical (unpaired) electrons. The molecule has 0 atom stereocenters. The van der Waals surface area contributed by atoms with E-state index in [0.717, 1.165) is 5.56 Å². The van der Waals surface area contributed by atoms with Crippen LogP contribution < -0.4 is 14.9 Å². The van der Waals surface area contributed by atoms with Crippen LogP contribution in [0.2, 0.25) is 0 Å². The maximum Gasteiger partial charge on any atom is 0.271 e. The number of hydrogen-bond acceptors (Lipinski definition) is 5. The number of sulfonamides is 1. The highest BCUT2D eigenvalue weighted by Crippen LogP contribution is 2.17. The molecule has 0 aliphatic rings. The minimum absolute atomic E-state index is 0.160. The molecule has 3 aromatic carbocycles. The summed E-state index contributed by atoms with van der Waals surface area (Å²) in [6.07, 6.45) is 1.49. The van der Waals surface area contributed by atoms with Crippen LogP contribution in [0.1, 0.15) is 15.9 Å². The Morgan fingerprint density at radius 2 is 1.59 bits per heavy atom. The van der Waals surface area contributed by atoms with Crippen LogP contribution in [0.25, 0.3) is 0 Å². The van der Waals surface area contributed by atoms with E-state index in [-0.39, 0.29) is 4.90 Å². The number of hydrogen-bond donors (Lipinski definition) is 2. The van der Waals surface area contributed by atoms with Crippen molar-refractivity contribution in [3.05, 3.63) is 90.0 Å². The van der Waals surface area contributed by atoms with E-state index in [4.69, 9.17) is 4.74 Å². The van der Waals surface area contributed by atoms with E-state index in [9.17, 15) is 13.2 Å². The number of nitrogens with zero attached hydrogens (tertiary/aromatic N) is 1. The third-order valence-electron chi connectivity index (χ3n) is 3.96. The maximum atomic E-state index is 12.3. The summed E-state index contributed by atoms with van der Waals surface area (Å²) in [4.78, 5) is 12.4. The summed E-state index contributed by atoms with van der Waals surface area (Å²) in [5.41, 5.74) is 3.84. The first-order valence-electron chi connectivity index (χ1n) is 8.64. The van der Waals surface area contributed by atoms with Crippen molar-refractivity contribution in [1.29, 1.82) is 0 Å². The second-order valence-electron chi connectivity index (χ2n) is 5.94. The number of benzene rings is 3. The fourth-order valence-corrected chi connectivity index (χ4v) is 3.58. The highest BCUT2D eigenvalue weighted by atomic mass is 32.2. The molecule has 0 aliphatic carbocycles. The molecule has 8 heteroatoms. The summed E-state index contributed by atoms with van der Waals surface area (Å²) < 4.78 is 32.3. The minimum Gasteiger partial charge on any atom is -0.496 e. The first-order valence-corrected chi connectivity index (χ1v) is 10.1. The first kappa shape index (κ1) is 20.1. The monoisotopic (exact) mass is 409 g/mol. The van der Waals surface area contributed by atoms with Crippen molar-refractivity contribution in [2.45, 2.75) is 4.90 Å². The zero-order valence-corrected chi connectivity index (χ0v) is 16.4. The number of anilines is 1. The van der Waals surface area contributed by atoms with Crippen molar-refractivity contribution in [2.75, 3.05) is 11.8 Å². The molecule has 0 bridgehead atoms. The topological polar surface area (TPSA) is 96.9 Å². The summed E-state index contributed by atoms with van der Waals surface area (Å²) in [5.74, 6) is 0.217. The smallest absolute Gasteiger partial charge is 0.271 e. The molecule has 0 fully saturated rings. The number of amides is 1. The van der Waals surface area contributed by atoms with Crippen molar-refractivity contribution in [2.24, 2.45) is 5.10 Å². The Hall–Kier alpha value is -3.65.